The molecule has 1 atom stereocenters. The summed E-state index contributed by atoms with van der Waals surface area (Å²) in [4.78, 5) is 0.204. The Morgan fingerprint density at radius 3 is 2.40 bits per heavy atom. The van der Waals surface area contributed by atoms with Crippen molar-refractivity contribution in [2.45, 2.75) is 17.4 Å². The van der Waals surface area contributed by atoms with Crippen LogP contribution in [0.1, 0.15) is 18.1 Å². The van der Waals surface area contributed by atoms with Crippen LogP contribution in [0.15, 0.2) is 76.1 Å². The van der Waals surface area contributed by atoms with Crippen LogP contribution >= 0.6 is 15.9 Å². The molecule has 6 heteroatoms. The van der Waals surface area contributed by atoms with E-state index >= 15 is 0 Å². The van der Waals surface area contributed by atoms with Gasteiger partial charge in [0.15, 0.2) is 0 Å². The summed E-state index contributed by atoms with van der Waals surface area (Å²) >= 11 is 3.28. The van der Waals surface area contributed by atoms with Crippen molar-refractivity contribution in [1.29, 1.82) is 0 Å². The first kappa shape index (κ1) is 18.1. The van der Waals surface area contributed by atoms with E-state index in [-0.39, 0.29) is 11.4 Å². The minimum absolute atomic E-state index is 0.156. The fraction of sp³-hybridized carbons (Fsp3) is 0.158. The van der Waals surface area contributed by atoms with Crippen molar-refractivity contribution in [2.75, 3.05) is 6.54 Å². The smallest absolute Gasteiger partial charge is 0.240 e. The van der Waals surface area contributed by atoms with Crippen molar-refractivity contribution >= 4 is 36.7 Å². The number of sulfonamides is 1. The fourth-order valence-corrected chi connectivity index (χ4v) is 4.04. The van der Waals surface area contributed by atoms with E-state index in [0.717, 1.165) is 20.8 Å². The third-order valence-corrected chi connectivity index (χ3v) is 6.02. The third-order valence-electron chi connectivity index (χ3n) is 4.02. The topological polar surface area (TPSA) is 66.4 Å². The molecule has 3 aromatic carbocycles. The second-order valence-corrected chi connectivity index (χ2v) is 8.41. The van der Waals surface area contributed by atoms with Gasteiger partial charge in [-0.25, -0.2) is 13.1 Å². The second kappa shape index (κ2) is 7.66. The largest absolute Gasteiger partial charge is 0.388 e. The van der Waals surface area contributed by atoms with E-state index in [0.29, 0.717) is 6.42 Å². The highest BCUT2D eigenvalue weighted by molar-refractivity contribution is 9.10. The quantitative estimate of drug-likeness (QED) is 0.634. The van der Waals surface area contributed by atoms with E-state index in [1.54, 1.807) is 12.1 Å². The van der Waals surface area contributed by atoms with Gasteiger partial charge in [0.1, 0.15) is 0 Å². The predicted molar refractivity (Wildman–Crippen MR) is 103 cm³/mol. The molecule has 0 heterocycles. The highest BCUT2D eigenvalue weighted by Gasteiger charge is 2.16. The lowest BCUT2D eigenvalue weighted by Gasteiger charge is -2.14. The highest BCUT2D eigenvalue weighted by Crippen LogP contribution is 2.26. The van der Waals surface area contributed by atoms with Crippen molar-refractivity contribution in [3.05, 3.63) is 76.8 Å². The van der Waals surface area contributed by atoms with Gasteiger partial charge in [-0.05, 0) is 47.0 Å². The predicted octanol–water partition coefficient (Wildman–Crippen LogP) is 4.00. The molecule has 0 saturated carbocycles. The van der Waals surface area contributed by atoms with E-state index < -0.39 is 16.1 Å². The Kier molecular flexibility index (Phi) is 5.54. The van der Waals surface area contributed by atoms with Crippen molar-refractivity contribution in [1.82, 2.24) is 4.72 Å². The van der Waals surface area contributed by atoms with E-state index in [9.17, 15) is 13.5 Å². The lowest BCUT2D eigenvalue weighted by Crippen LogP contribution is -2.26. The number of benzene rings is 3. The number of aliphatic hydroxyl groups is 1. The number of aliphatic hydroxyl groups excluding tert-OH is 1. The Labute approximate surface area is 155 Å². The highest BCUT2D eigenvalue weighted by atomic mass is 79.9. The van der Waals surface area contributed by atoms with Gasteiger partial charge < -0.3 is 5.11 Å². The van der Waals surface area contributed by atoms with Crippen molar-refractivity contribution in [3.8, 4) is 0 Å². The number of halogens is 1. The van der Waals surface area contributed by atoms with Crippen molar-refractivity contribution < 1.29 is 13.5 Å². The molecule has 25 heavy (non-hydrogen) atoms. The van der Waals surface area contributed by atoms with Gasteiger partial charge in [0.2, 0.25) is 10.0 Å². The summed E-state index contributed by atoms with van der Waals surface area (Å²) < 4.78 is 27.9. The molecule has 0 radical (unpaired) electrons. The fourth-order valence-electron chi connectivity index (χ4n) is 2.72. The second-order valence-electron chi connectivity index (χ2n) is 5.72. The van der Waals surface area contributed by atoms with Gasteiger partial charge >= 0.3 is 0 Å². The molecule has 3 rings (SSSR count). The van der Waals surface area contributed by atoms with E-state index in [2.05, 4.69) is 20.7 Å². The van der Waals surface area contributed by atoms with Gasteiger partial charge in [0, 0.05) is 11.0 Å². The number of hydrogen-bond acceptors (Lipinski definition) is 3. The SMILES string of the molecule is O=S(=O)(NCCC(O)c1cccc2ccccc12)c1ccc(Br)cc1. The first-order valence-electron chi connectivity index (χ1n) is 7.88. The monoisotopic (exact) mass is 419 g/mol. The molecule has 3 aromatic rings. The van der Waals surface area contributed by atoms with Crippen LogP contribution in [0.5, 0.6) is 0 Å². The van der Waals surface area contributed by atoms with E-state index in [4.69, 9.17) is 0 Å². The summed E-state index contributed by atoms with van der Waals surface area (Å²) in [6.07, 6.45) is -0.442. The van der Waals surface area contributed by atoms with Crippen LogP contribution in [0, 0.1) is 0 Å². The molecule has 0 fully saturated rings. The molecule has 130 valence electrons. The van der Waals surface area contributed by atoms with Crippen LogP contribution in [0.3, 0.4) is 0 Å². The molecule has 1 unspecified atom stereocenters. The maximum Gasteiger partial charge on any atom is 0.240 e. The van der Waals surface area contributed by atoms with Gasteiger partial charge in [-0.2, -0.15) is 0 Å². The van der Waals surface area contributed by atoms with Gasteiger partial charge in [-0.15, -0.1) is 0 Å². The molecule has 0 amide bonds. The van der Waals surface area contributed by atoms with Crippen LogP contribution in [0.25, 0.3) is 10.8 Å². The zero-order chi connectivity index (χ0) is 17.9. The number of nitrogens with one attached hydrogen (secondary N) is 1. The standard InChI is InChI=1S/C19H18BrNO3S/c20-15-8-10-16(11-9-15)25(23,24)21-13-12-19(22)18-7-3-5-14-4-1-2-6-17(14)18/h1-11,19,21-22H,12-13H2. The number of rotatable bonds is 6. The first-order chi connectivity index (χ1) is 12.0. The summed E-state index contributed by atoms with van der Waals surface area (Å²) in [5.41, 5.74) is 0.806. The van der Waals surface area contributed by atoms with Crippen LogP contribution in [-0.4, -0.2) is 20.1 Å². The Balaban J connectivity index is 1.68. The average Bonchev–Trinajstić information content (AvgIpc) is 2.61. The number of fused-ring (bicyclic) bond motifs is 1. The van der Waals surface area contributed by atoms with Crippen LogP contribution in [-0.2, 0) is 10.0 Å². The minimum Gasteiger partial charge on any atom is -0.388 e. The van der Waals surface area contributed by atoms with Gasteiger partial charge in [0.05, 0.1) is 11.0 Å². The molecule has 0 aliphatic heterocycles. The third kappa shape index (κ3) is 4.27. The molecule has 0 spiro atoms. The maximum absolute atomic E-state index is 12.3. The molecule has 0 aromatic heterocycles. The Morgan fingerprint density at radius 2 is 1.64 bits per heavy atom. The molecule has 0 aliphatic rings. The first-order valence-corrected chi connectivity index (χ1v) is 10.2. The summed E-state index contributed by atoms with van der Waals surface area (Å²) in [6, 6.07) is 20.0. The molecule has 0 aliphatic carbocycles. The Morgan fingerprint density at radius 1 is 0.960 bits per heavy atom. The van der Waals surface area contributed by atoms with Crippen LogP contribution in [0.2, 0.25) is 0 Å². The zero-order valence-electron chi connectivity index (χ0n) is 13.4. The normalized spacial score (nSPS) is 13.0. The Hall–Kier alpha value is -1.73. The van der Waals surface area contributed by atoms with Crippen LogP contribution in [0.4, 0.5) is 0 Å². The number of hydrogen-bond donors (Lipinski definition) is 2. The van der Waals surface area contributed by atoms with E-state index in [1.165, 1.54) is 12.1 Å². The molecular weight excluding hydrogens is 402 g/mol. The van der Waals surface area contributed by atoms with E-state index in [1.807, 2.05) is 42.5 Å². The van der Waals surface area contributed by atoms with Crippen molar-refractivity contribution in [2.24, 2.45) is 0 Å². The lowest BCUT2D eigenvalue weighted by molar-refractivity contribution is 0.170. The summed E-state index contributed by atoms with van der Waals surface area (Å²) in [5, 5.41) is 12.5. The van der Waals surface area contributed by atoms with Gasteiger partial charge in [-0.3, -0.25) is 0 Å². The molecule has 4 nitrogen and oxygen atoms in total. The minimum atomic E-state index is -3.58. The Bertz CT molecular complexity index is 966. The van der Waals surface area contributed by atoms with Gasteiger partial charge in [0.25, 0.3) is 0 Å². The molecule has 0 bridgehead atoms. The van der Waals surface area contributed by atoms with Crippen molar-refractivity contribution in [3.63, 3.8) is 0 Å². The average molecular weight is 420 g/mol. The maximum atomic E-state index is 12.3. The molecular formula is C19H18BrNO3S. The summed E-state index contributed by atoms with van der Waals surface area (Å²) in [7, 11) is -3.58. The molecule has 2 N–H and O–H groups in total. The zero-order valence-corrected chi connectivity index (χ0v) is 15.8. The summed E-state index contributed by atoms with van der Waals surface area (Å²) in [6.45, 7) is 0.156. The summed E-state index contributed by atoms with van der Waals surface area (Å²) in [5.74, 6) is 0. The van der Waals surface area contributed by atoms with Crippen LogP contribution < -0.4 is 4.72 Å². The lowest BCUT2D eigenvalue weighted by atomic mass is 9.99. The van der Waals surface area contributed by atoms with Gasteiger partial charge in [-0.1, -0.05) is 58.4 Å². The molecule has 0 saturated heterocycles.